The number of hydrazine groups is 1. The molecule has 0 saturated carbocycles. The van der Waals surface area contributed by atoms with E-state index in [2.05, 4.69) is 36.6 Å². The highest BCUT2D eigenvalue weighted by Gasteiger charge is 2.10. The fraction of sp³-hybridized carbons (Fsp3) is 0. The Bertz CT molecular complexity index is 575. The quantitative estimate of drug-likeness (QED) is 0.593. The molecule has 18 heavy (non-hydrogen) atoms. The van der Waals surface area contributed by atoms with Crippen LogP contribution >= 0.6 is 15.9 Å². The lowest BCUT2D eigenvalue weighted by Gasteiger charge is -2.06. The summed E-state index contributed by atoms with van der Waals surface area (Å²) in [6.45, 7) is 0. The van der Waals surface area contributed by atoms with Crippen LogP contribution in [0.4, 0.5) is 11.6 Å². The Kier molecular flexibility index (Phi) is 3.85. The van der Waals surface area contributed by atoms with Gasteiger partial charge >= 0.3 is 0 Å². The van der Waals surface area contributed by atoms with Gasteiger partial charge in [-0.05, 0) is 40.2 Å². The molecule has 2 aromatic rings. The third-order valence-corrected chi connectivity index (χ3v) is 2.76. The smallest absolute Gasteiger partial charge is 0.275 e. The predicted molar refractivity (Wildman–Crippen MR) is 71.9 cm³/mol. The second kappa shape index (κ2) is 5.56. The van der Waals surface area contributed by atoms with E-state index in [4.69, 9.17) is 5.84 Å². The first kappa shape index (κ1) is 12.5. The molecule has 0 aromatic carbocycles. The molecule has 0 atom stereocenters. The summed E-state index contributed by atoms with van der Waals surface area (Å²) in [6, 6.07) is 8.48. The second-order valence-corrected chi connectivity index (χ2v) is 4.19. The van der Waals surface area contributed by atoms with Crippen LogP contribution in [0.5, 0.6) is 0 Å². The number of hydrogen-bond acceptors (Lipinski definition) is 5. The summed E-state index contributed by atoms with van der Waals surface area (Å²) < 4.78 is 0.700. The highest BCUT2D eigenvalue weighted by atomic mass is 79.9. The maximum absolute atomic E-state index is 11.9. The maximum atomic E-state index is 11.9. The van der Waals surface area contributed by atoms with Gasteiger partial charge in [0.1, 0.15) is 17.3 Å². The third kappa shape index (κ3) is 2.82. The number of amides is 1. The van der Waals surface area contributed by atoms with Crippen molar-refractivity contribution in [1.82, 2.24) is 9.97 Å². The lowest BCUT2D eigenvalue weighted by atomic mass is 10.3. The first-order valence-corrected chi connectivity index (χ1v) is 5.85. The summed E-state index contributed by atoms with van der Waals surface area (Å²) in [5, 5.41) is 2.65. The maximum Gasteiger partial charge on any atom is 0.275 e. The van der Waals surface area contributed by atoms with Crippen LogP contribution in [0.1, 0.15) is 10.5 Å². The summed E-state index contributed by atoms with van der Waals surface area (Å²) in [7, 11) is 0. The predicted octanol–water partition coefficient (Wildman–Crippen LogP) is 1.78. The zero-order valence-corrected chi connectivity index (χ0v) is 10.8. The van der Waals surface area contributed by atoms with Gasteiger partial charge in [0.2, 0.25) is 0 Å². The van der Waals surface area contributed by atoms with Gasteiger partial charge in [0, 0.05) is 6.20 Å². The molecule has 0 unspecified atom stereocenters. The zero-order chi connectivity index (χ0) is 13.0. The lowest BCUT2D eigenvalue weighted by Crippen LogP contribution is -2.16. The van der Waals surface area contributed by atoms with Crippen LogP contribution in [0.25, 0.3) is 0 Å². The minimum absolute atomic E-state index is 0.253. The number of hydrogen-bond donors (Lipinski definition) is 3. The van der Waals surface area contributed by atoms with Crippen LogP contribution in [-0.4, -0.2) is 15.9 Å². The number of nitrogen functional groups attached to an aromatic ring is 1. The topological polar surface area (TPSA) is 92.9 Å². The first-order valence-electron chi connectivity index (χ1n) is 5.06. The Balaban J connectivity index is 2.19. The average molecular weight is 308 g/mol. The summed E-state index contributed by atoms with van der Waals surface area (Å²) in [5.74, 6) is 5.74. The number of halogens is 1. The van der Waals surface area contributed by atoms with Crippen molar-refractivity contribution in [3.63, 3.8) is 0 Å². The molecule has 7 heteroatoms. The molecule has 4 N–H and O–H groups in total. The van der Waals surface area contributed by atoms with Crippen molar-refractivity contribution < 1.29 is 4.79 Å². The van der Waals surface area contributed by atoms with E-state index in [1.807, 2.05) is 0 Å². The Morgan fingerprint density at radius 1 is 1.28 bits per heavy atom. The van der Waals surface area contributed by atoms with E-state index in [-0.39, 0.29) is 11.6 Å². The Morgan fingerprint density at radius 2 is 2.11 bits per heavy atom. The van der Waals surface area contributed by atoms with E-state index in [0.29, 0.717) is 16.1 Å². The molecule has 92 valence electrons. The van der Waals surface area contributed by atoms with Crippen LogP contribution in [0.3, 0.4) is 0 Å². The minimum atomic E-state index is -0.355. The number of carbonyl (C=O) groups is 1. The Hall–Kier alpha value is -1.99. The number of pyridine rings is 2. The van der Waals surface area contributed by atoms with Gasteiger partial charge in [0.15, 0.2) is 0 Å². The molecule has 2 aromatic heterocycles. The molecule has 1 amide bonds. The number of rotatable bonds is 3. The number of carbonyl (C=O) groups excluding carboxylic acids is 1. The fourth-order valence-corrected chi connectivity index (χ4v) is 1.64. The number of nitrogens with one attached hydrogen (secondary N) is 2. The molecule has 6 nitrogen and oxygen atoms in total. The van der Waals surface area contributed by atoms with Gasteiger partial charge in [-0.1, -0.05) is 6.07 Å². The van der Waals surface area contributed by atoms with Crippen molar-refractivity contribution in [3.8, 4) is 0 Å². The van der Waals surface area contributed by atoms with Gasteiger partial charge in [0.25, 0.3) is 5.91 Å². The van der Waals surface area contributed by atoms with Crippen molar-refractivity contribution in [2.45, 2.75) is 0 Å². The first-order chi connectivity index (χ1) is 8.70. The van der Waals surface area contributed by atoms with Crippen LogP contribution in [0, 0.1) is 0 Å². The fourth-order valence-electron chi connectivity index (χ4n) is 1.29. The molecule has 0 aliphatic rings. The zero-order valence-electron chi connectivity index (χ0n) is 9.22. The van der Waals surface area contributed by atoms with Gasteiger partial charge in [-0.15, -0.1) is 0 Å². The molecular weight excluding hydrogens is 298 g/mol. The van der Waals surface area contributed by atoms with Crippen molar-refractivity contribution in [3.05, 3.63) is 46.7 Å². The SMILES string of the molecule is NNc1cccc(C(=O)Nc2ncccc2Br)n1. The van der Waals surface area contributed by atoms with E-state index < -0.39 is 0 Å². The van der Waals surface area contributed by atoms with Crippen molar-refractivity contribution in [1.29, 1.82) is 0 Å². The highest BCUT2D eigenvalue weighted by Crippen LogP contribution is 2.18. The number of nitrogens with zero attached hydrogens (tertiary/aromatic N) is 2. The molecule has 0 fully saturated rings. The number of anilines is 2. The average Bonchev–Trinajstić information content (AvgIpc) is 2.41. The molecule has 0 saturated heterocycles. The van der Waals surface area contributed by atoms with Gasteiger partial charge in [0.05, 0.1) is 4.47 Å². The molecular formula is C11H10BrN5O. The minimum Gasteiger partial charge on any atom is -0.308 e. The number of aromatic nitrogens is 2. The van der Waals surface area contributed by atoms with E-state index in [1.54, 1.807) is 36.5 Å². The summed E-state index contributed by atoms with van der Waals surface area (Å²) >= 11 is 3.30. The van der Waals surface area contributed by atoms with Gasteiger partial charge in [-0.3, -0.25) is 4.79 Å². The molecule has 2 heterocycles. The van der Waals surface area contributed by atoms with Crippen LogP contribution in [0.15, 0.2) is 41.0 Å². The van der Waals surface area contributed by atoms with Crippen LogP contribution < -0.4 is 16.6 Å². The Labute approximate surface area is 112 Å². The molecule has 0 bridgehead atoms. The van der Waals surface area contributed by atoms with Crippen molar-refractivity contribution >= 4 is 33.5 Å². The summed E-state index contributed by atoms with van der Waals surface area (Å²) in [4.78, 5) is 20.0. The lowest BCUT2D eigenvalue weighted by molar-refractivity contribution is 0.102. The molecule has 0 spiro atoms. The van der Waals surface area contributed by atoms with E-state index in [1.165, 1.54) is 0 Å². The summed E-state index contributed by atoms with van der Waals surface area (Å²) in [6.07, 6.45) is 1.59. The van der Waals surface area contributed by atoms with Crippen LogP contribution in [0.2, 0.25) is 0 Å². The van der Waals surface area contributed by atoms with Gasteiger partial charge < -0.3 is 10.7 Å². The molecule has 0 aliphatic carbocycles. The van der Waals surface area contributed by atoms with Gasteiger partial charge in [-0.25, -0.2) is 15.8 Å². The Morgan fingerprint density at radius 3 is 2.83 bits per heavy atom. The van der Waals surface area contributed by atoms with E-state index in [9.17, 15) is 4.79 Å². The standard InChI is InChI=1S/C11H10BrN5O/c12-7-3-2-6-14-10(7)16-11(18)8-4-1-5-9(15-8)17-13/h1-6H,13H2,(H,15,17)(H,14,16,18). The number of nitrogens with two attached hydrogens (primary N) is 1. The van der Waals surface area contributed by atoms with Crippen LogP contribution in [-0.2, 0) is 0 Å². The summed E-state index contributed by atoms with van der Waals surface area (Å²) in [5.41, 5.74) is 2.63. The molecule has 0 aliphatic heterocycles. The third-order valence-electron chi connectivity index (χ3n) is 2.12. The van der Waals surface area contributed by atoms with E-state index in [0.717, 1.165) is 0 Å². The monoisotopic (exact) mass is 307 g/mol. The normalized spacial score (nSPS) is 9.89. The molecule has 0 radical (unpaired) electrons. The largest absolute Gasteiger partial charge is 0.308 e. The molecule has 2 rings (SSSR count). The van der Waals surface area contributed by atoms with E-state index >= 15 is 0 Å². The van der Waals surface area contributed by atoms with Crippen molar-refractivity contribution in [2.75, 3.05) is 10.7 Å². The van der Waals surface area contributed by atoms with Gasteiger partial charge in [-0.2, -0.15) is 0 Å². The highest BCUT2D eigenvalue weighted by molar-refractivity contribution is 9.10. The second-order valence-electron chi connectivity index (χ2n) is 3.34. The van der Waals surface area contributed by atoms with Crippen molar-refractivity contribution in [2.24, 2.45) is 5.84 Å².